The Hall–Kier alpha value is -1.34. The van der Waals surface area contributed by atoms with Crippen LogP contribution >= 0.6 is 0 Å². The summed E-state index contributed by atoms with van der Waals surface area (Å²) >= 11 is 0. The van der Waals surface area contributed by atoms with Gasteiger partial charge in [0.05, 0.1) is 5.60 Å². The number of aliphatic hydroxyl groups is 1. The summed E-state index contributed by atoms with van der Waals surface area (Å²) in [5.41, 5.74) is 1.68. The second kappa shape index (κ2) is 5.33. The molecule has 0 bridgehead atoms. The van der Waals surface area contributed by atoms with Gasteiger partial charge in [0.1, 0.15) is 0 Å². The first kappa shape index (κ1) is 12.1. The third kappa shape index (κ3) is 2.86. The average Bonchev–Trinajstić information content (AvgIpc) is 2.34. The van der Waals surface area contributed by atoms with Crippen molar-refractivity contribution in [3.8, 4) is 0 Å². The summed E-state index contributed by atoms with van der Waals surface area (Å²) in [6, 6.07) is 10.2. The van der Waals surface area contributed by atoms with Crippen molar-refractivity contribution in [3.63, 3.8) is 0 Å². The molecule has 0 saturated heterocycles. The van der Waals surface area contributed by atoms with Gasteiger partial charge in [-0.05, 0) is 43.2 Å². The van der Waals surface area contributed by atoms with Gasteiger partial charge in [-0.1, -0.05) is 42.5 Å². The van der Waals surface area contributed by atoms with E-state index in [0.29, 0.717) is 6.42 Å². The fourth-order valence-electron chi connectivity index (χ4n) is 2.56. The van der Waals surface area contributed by atoms with Crippen molar-refractivity contribution in [2.75, 3.05) is 0 Å². The molecule has 1 saturated carbocycles. The van der Waals surface area contributed by atoms with E-state index in [0.717, 1.165) is 24.8 Å². The van der Waals surface area contributed by atoms with Gasteiger partial charge in [0, 0.05) is 0 Å². The molecule has 1 aliphatic rings. The van der Waals surface area contributed by atoms with Crippen LogP contribution in [-0.2, 0) is 0 Å². The van der Waals surface area contributed by atoms with Crippen molar-refractivity contribution >= 4 is 6.08 Å². The molecule has 0 radical (unpaired) electrons. The number of rotatable bonds is 3. The zero-order valence-electron chi connectivity index (χ0n) is 10.2. The summed E-state index contributed by atoms with van der Waals surface area (Å²) in [7, 11) is 0. The molecular weight excluding hydrogens is 208 g/mol. The van der Waals surface area contributed by atoms with E-state index in [1.807, 2.05) is 24.3 Å². The fraction of sp³-hybridized carbons (Fsp3) is 0.375. The lowest BCUT2D eigenvalue weighted by Crippen LogP contribution is -2.33. The molecule has 0 amide bonds. The van der Waals surface area contributed by atoms with Crippen LogP contribution < -0.4 is 0 Å². The van der Waals surface area contributed by atoms with Gasteiger partial charge in [-0.25, -0.2) is 0 Å². The largest absolute Gasteiger partial charge is 0.385 e. The molecular formula is C16H20O. The number of hydrogen-bond donors (Lipinski definition) is 1. The van der Waals surface area contributed by atoms with Gasteiger partial charge in [0.25, 0.3) is 0 Å². The Balaban J connectivity index is 2.28. The first-order chi connectivity index (χ1) is 8.24. The molecule has 1 heteroatoms. The van der Waals surface area contributed by atoms with Crippen molar-refractivity contribution in [2.24, 2.45) is 0 Å². The Morgan fingerprint density at radius 2 is 2.00 bits per heavy atom. The second-order valence-electron chi connectivity index (χ2n) is 4.81. The van der Waals surface area contributed by atoms with Gasteiger partial charge >= 0.3 is 0 Å². The lowest BCUT2D eigenvalue weighted by molar-refractivity contribution is 0.0559. The lowest BCUT2D eigenvalue weighted by atomic mass is 9.77. The molecule has 0 heterocycles. The minimum Gasteiger partial charge on any atom is -0.385 e. The van der Waals surface area contributed by atoms with E-state index in [1.165, 1.54) is 12.0 Å². The average molecular weight is 228 g/mol. The maximum atomic E-state index is 10.7. The fourth-order valence-corrected chi connectivity index (χ4v) is 2.56. The highest BCUT2D eigenvalue weighted by Crippen LogP contribution is 2.37. The summed E-state index contributed by atoms with van der Waals surface area (Å²) < 4.78 is 0. The molecule has 0 unspecified atom stereocenters. The van der Waals surface area contributed by atoms with Crippen LogP contribution in [0.25, 0.3) is 6.08 Å². The van der Waals surface area contributed by atoms with E-state index in [1.54, 1.807) is 0 Å². The van der Waals surface area contributed by atoms with Crippen LogP contribution in [-0.4, -0.2) is 10.7 Å². The molecule has 1 N–H and O–H groups in total. The summed E-state index contributed by atoms with van der Waals surface area (Å²) in [5, 5.41) is 10.7. The highest BCUT2D eigenvalue weighted by atomic mass is 16.3. The van der Waals surface area contributed by atoms with Crippen LogP contribution in [0.15, 0.2) is 48.6 Å². The Labute approximate surface area is 103 Å². The van der Waals surface area contributed by atoms with Gasteiger partial charge in [-0.2, -0.15) is 0 Å². The van der Waals surface area contributed by atoms with Crippen molar-refractivity contribution in [1.29, 1.82) is 0 Å². The van der Waals surface area contributed by atoms with Crippen molar-refractivity contribution in [1.82, 2.24) is 0 Å². The number of hydrogen-bond acceptors (Lipinski definition) is 1. The monoisotopic (exact) mass is 228 g/mol. The van der Waals surface area contributed by atoms with Crippen LogP contribution in [0.1, 0.15) is 37.7 Å². The molecule has 1 fully saturated rings. The maximum absolute atomic E-state index is 10.7. The molecule has 90 valence electrons. The Bertz CT molecular complexity index is 405. The topological polar surface area (TPSA) is 20.2 Å². The van der Waals surface area contributed by atoms with Crippen LogP contribution in [0.5, 0.6) is 0 Å². The van der Waals surface area contributed by atoms with E-state index in [-0.39, 0.29) is 0 Å². The molecule has 1 atom stereocenters. The Kier molecular flexibility index (Phi) is 3.80. The third-order valence-corrected chi connectivity index (χ3v) is 3.51. The van der Waals surface area contributed by atoms with E-state index < -0.39 is 5.60 Å². The molecule has 1 aliphatic carbocycles. The summed E-state index contributed by atoms with van der Waals surface area (Å²) in [4.78, 5) is 0. The van der Waals surface area contributed by atoms with Crippen LogP contribution in [0.4, 0.5) is 0 Å². The van der Waals surface area contributed by atoms with E-state index in [2.05, 4.69) is 24.8 Å². The number of benzene rings is 1. The summed E-state index contributed by atoms with van der Waals surface area (Å²) in [6.45, 7) is 3.75. The van der Waals surface area contributed by atoms with Crippen LogP contribution in [0.3, 0.4) is 0 Å². The predicted octanol–water partition coefficient (Wildman–Crippen LogP) is 3.95. The van der Waals surface area contributed by atoms with Gasteiger partial charge in [-0.15, -0.1) is 6.58 Å². The van der Waals surface area contributed by atoms with Gasteiger partial charge in [0.15, 0.2) is 0 Å². The molecule has 2 rings (SSSR count). The SMILES string of the molecule is C=CC[C@]1(O)CCCC/C1=C\c1ccccc1. The van der Waals surface area contributed by atoms with Crippen molar-refractivity contribution in [3.05, 3.63) is 54.1 Å². The minimum absolute atomic E-state index is 0.657. The molecule has 1 aromatic carbocycles. The summed E-state index contributed by atoms with van der Waals surface area (Å²) in [6.07, 6.45) is 8.77. The maximum Gasteiger partial charge on any atom is 0.0894 e. The van der Waals surface area contributed by atoms with E-state index >= 15 is 0 Å². The second-order valence-corrected chi connectivity index (χ2v) is 4.81. The molecule has 1 aromatic rings. The predicted molar refractivity (Wildman–Crippen MR) is 72.7 cm³/mol. The smallest absolute Gasteiger partial charge is 0.0894 e. The molecule has 0 aliphatic heterocycles. The Morgan fingerprint density at radius 3 is 2.71 bits per heavy atom. The normalized spacial score (nSPS) is 27.0. The van der Waals surface area contributed by atoms with Gasteiger partial charge in [-0.3, -0.25) is 0 Å². The minimum atomic E-state index is -0.657. The third-order valence-electron chi connectivity index (χ3n) is 3.51. The van der Waals surface area contributed by atoms with Gasteiger partial charge in [0.2, 0.25) is 0 Å². The first-order valence-corrected chi connectivity index (χ1v) is 6.34. The highest BCUT2D eigenvalue weighted by molar-refractivity contribution is 5.55. The van der Waals surface area contributed by atoms with Crippen molar-refractivity contribution in [2.45, 2.75) is 37.7 Å². The zero-order valence-corrected chi connectivity index (χ0v) is 10.2. The molecule has 0 spiro atoms. The zero-order chi connectivity index (χ0) is 12.1. The quantitative estimate of drug-likeness (QED) is 0.777. The first-order valence-electron chi connectivity index (χ1n) is 6.34. The van der Waals surface area contributed by atoms with Crippen LogP contribution in [0, 0.1) is 0 Å². The van der Waals surface area contributed by atoms with Crippen LogP contribution in [0.2, 0.25) is 0 Å². The van der Waals surface area contributed by atoms with Gasteiger partial charge < -0.3 is 5.11 Å². The molecule has 0 aromatic heterocycles. The molecule has 17 heavy (non-hydrogen) atoms. The lowest BCUT2D eigenvalue weighted by Gasteiger charge is -2.34. The standard InChI is InChI=1S/C16H20O/c1-2-11-16(17)12-7-6-10-15(16)13-14-8-4-3-5-9-14/h2-5,8-9,13,17H,1,6-7,10-12H2/b15-13+/t16-/m0/s1. The molecule has 1 nitrogen and oxygen atoms in total. The summed E-state index contributed by atoms with van der Waals surface area (Å²) in [5.74, 6) is 0. The van der Waals surface area contributed by atoms with E-state index in [4.69, 9.17) is 0 Å². The Morgan fingerprint density at radius 1 is 1.24 bits per heavy atom. The van der Waals surface area contributed by atoms with E-state index in [9.17, 15) is 5.11 Å². The highest BCUT2D eigenvalue weighted by Gasteiger charge is 2.32. The van der Waals surface area contributed by atoms with Crippen molar-refractivity contribution < 1.29 is 5.11 Å².